The molecule has 1 fully saturated rings. The molecule has 4 aromatic rings. The van der Waals surface area contributed by atoms with E-state index in [9.17, 15) is 19.5 Å². The number of aromatic hydroxyl groups is 1. The van der Waals surface area contributed by atoms with Crippen molar-refractivity contribution in [2.75, 3.05) is 29.9 Å². The van der Waals surface area contributed by atoms with Crippen LogP contribution < -0.4 is 15.5 Å². The van der Waals surface area contributed by atoms with Crippen LogP contribution >= 0.6 is 11.6 Å². The van der Waals surface area contributed by atoms with Crippen molar-refractivity contribution >= 4 is 46.0 Å². The summed E-state index contributed by atoms with van der Waals surface area (Å²) in [6.45, 7) is 11.2. The zero-order chi connectivity index (χ0) is 32.5. The summed E-state index contributed by atoms with van der Waals surface area (Å²) < 4.78 is 16.6. The fourth-order valence-corrected chi connectivity index (χ4v) is 6.63. The van der Waals surface area contributed by atoms with E-state index in [1.54, 1.807) is 11.8 Å². The first kappa shape index (κ1) is 30.1. The minimum Gasteiger partial charge on any atom is -0.507 e. The second-order valence-corrected chi connectivity index (χ2v) is 11.9. The number of rotatable bonds is 4. The van der Waals surface area contributed by atoms with Gasteiger partial charge in [0.1, 0.15) is 35.4 Å². The van der Waals surface area contributed by atoms with Crippen LogP contribution in [0.2, 0.25) is 5.02 Å². The van der Waals surface area contributed by atoms with E-state index < -0.39 is 35.2 Å². The number of carbonyl (C=O) groups is 2. The van der Waals surface area contributed by atoms with Gasteiger partial charge in [-0.3, -0.25) is 9.59 Å². The molecule has 0 saturated carbocycles. The van der Waals surface area contributed by atoms with Crippen molar-refractivity contribution in [3.05, 3.63) is 69.9 Å². The zero-order valence-electron chi connectivity index (χ0n) is 25.2. The number of phenolic OH excluding ortho intramolecular Hbond substituents is 1. The predicted molar refractivity (Wildman–Crippen MR) is 168 cm³/mol. The maximum absolute atomic E-state index is 15.4. The van der Waals surface area contributed by atoms with Gasteiger partial charge in [0, 0.05) is 19.6 Å². The molecule has 2 amide bonds. The van der Waals surface area contributed by atoms with Gasteiger partial charge in [-0.15, -0.1) is 0 Å². The molecule has 0 aliphatic carbocycles. The molecule has 12 nitrogen and oxygen atoms in total. The maximum atomic E-state index is 15.4. The van der Waals surface area contributed by atoms with Crippen LogP contribution in [0.1, 0.15) is 38.1 Å². The van der Waals surface area contributed by atoms with E-state index in [4.69, 9.17) is 16.6 Å². The third-order valence-electron chi connectivity index (χ3n) is 8.33. The minimum absolute atomic E-state index is 0.00620. The molecule has 0 spiro atoms. The van der Waals surface area contributed by atoms with Gasteiger partial charge in [-0.1, -0.05) is 38.1 Å². The Hall–Kier alpha value is -4.91. The Morgan fingerprint density at radius 1 is 1.18 bits per heavy atom. The monoisotopic (exact) mass is 632 g/mol. The van der Waals surface area contributed by atoms with Gasteiger partial charge < -0.3 is 19.8 Å². The quantitative estimate of drug-likeness (QED) is 0.334. The molecule has 1 saturated heterocycles. The van der Waals surface area contributed by atoms with E-state index in [1.165, 1.54) is 46.0 Å². The Morgan fingerprint density at radius 2 is 1.91 bits per heavy atom. The number of carbonyl (C=O) groups excluding carboxylic acids is 2. The smallest absolute Gasteiger partial charge is 0.355 e. The fraction of sp³-hybridized carbons (Fsp3) is 0.323. The average molecular weight is 633 g/mol. The molecule has 1 N–H and O–H groups in total. The number of hydrogen-bond acceptors (Lipinski definition) is 9. The van der Waals surface area contributed by atoms with Crippen molar-refractivity contribution in [2.24, 2.45) is 0 Å². The van der Waals surface area contributed by atoms with Crippen LogP contribution in [0, 0.1) is 12.7 Å². The lowest BCUT2D eigenvalue weighted by Gasteiger charge is -2.45. The van der Waals surface area contributed by atoms with Crippen molar-refractivity contribution in [3.8, 4) is 22.7 Å². The number of aryl methyl sites for hydroxylation is 1. The number of fused-ring (bicyclic) bond motifs is 2. The SMILES string of the molecule is C=CC(=O)N1CC(C)N2c3nc(=O)n(-c4c(C)ncnc4C(C)C)c4nc(-c5c(O)cccc5F)c(Cl)c(c34)N(C)C(=O)C2C1. The molecule has 14 heteroatoms. The summed E-state index contributed by atoms with van der Waals surface area (Å²) >= 11 is 7.02. The summed E-state index contributed by atoms with van der Waals surface area (Å²) in [6.07, 6.45) is 2.59. The van der Waals surface area contributed by atoms with Gasteiger partial charge in [0.2, 0.25) is 5.91 Å². The molecule has 2 unspecified atom stereocenters. The van der Waals surface area contributed by atoms with E-state index in [0.717, 1.165) is 6.07 Å². The number of hydrogen-bond donors (Lipinski definition) is 1. The summed E-state index contributed by atoms with van der Waals surface area (Å²) in [5, 5.41) is 10.9. The van der Waals surface area contributed by atoms with Gasteiger partial charge in [-0.05, 0) is 38.0 Å². The Bertz CT molecular complexity index is 1980. The summed E-state index contributed by atoms with van der Waals surface area (Å²) in [5.41, 5.74) is 0.236. The molecular weight excluding hydrogens is 603 g/mol. The van der Waals surface area contributed by atoms with E-state index in [2.05, 4.69) is 21.5 Å². The van der Waals surface area contributed by atoms with Gasteiger partial charge in [-0.2, -0.15) is 4.98 Å². The summed E-state index contributed by atoms with van der Waals surface area (Å²) in [5.74, 6) is -2.04. The van der Waals surface area contributed by atoms with E-state index in [-0.39, 0.29) is 63.7 Å². The number of phenols is 1. The van der Waals surface area contributed by atoms with Crippen LogP contribution in [-0.4, -0.2) is 78.5 Å². The third kappa shape index (κ3) is 4.52. The molecule has 1 aromatic carbocycles. The highest BCUT2D eigenvalue weighted by Gasteiger charge is 2.45. The van der Waals surface area contributed by atoms with E-state index >= 15 is 4.39 Å². The van der Waals surface area contributed by atoms with Crippen LogP contribution in [0.25, 0.3) is 28.0 Å². The van der Waals surface area contributed by atoms with Crippen molar-refractivity contribution in [3.63, 3.8) is 0 Å². The molecule has 2 aliphatic rings. The number of piperazine rings is 1. The topological polar surface area (TPSA) is 138 Å². The molecule has 5 heterocycles. The highest BCUT2D eigenvalue weighted by Crippen LogP contribution is 2.48. The molecule has 6 rings (SSSR count). The standard InChI is InChI=1S/C31H30ClFN8O4/c1-7-20(43)39-11-15(4)40-18(12-39)30(44)38(6)27-22-28(36-25(23(27)32)21-17(33)9-8-10-19(21)42)41(31(45)37-29(22)40)26-16(5)34-13-35-24(26)14(2)3/h7-10,13-15,18,42H,1,11-12H2,2-6H3. The summed E-state index contributed by atoms with van der Waals surface area (Å²) in [6, 6.07) is 2.35. The second kappa shape index (κ2) is 10.9. The number of aromatic nitrogens is 5. The number of amides is 2. The minimum atomic E-state index is -0.949. The molecule has 0 radical (unpaired) electrons. The number of benzene rings is 1. The number of halogens is 2. The normalized spacial score (nSPS) is 18.0. The van der Waals surface area contributed by atoms with Crippen molar-refractivity contribution in [2.45, 2.75) is 45.7 Å². The largest absolute Gasteiger partial charge is 0.507 e. The van der Waals surface area contributed by atoms with Crippen LogP contribution in [0.5, 0.6) is 5.75 Å². The lowest BCUT2D eigenvalue weighted by atomic mass is 10.0. The lowest BCUT2D eigenvalue weighted by Crippen LogP contribution is -2.63. The number of pyridine rings is 1. The number of anilines is 2. The molecule has 2 atom stereocenters. The Morgan fingerprint density at radius 3 is 2.58 bits per heavy atom. The molecule has 0 bridgehead atoms. The zero-order valence-corrected chi connectivity index (χ0v) is 26.0. The maximum Gasteiger partial charge on any atom is 0.355 e. The van der Waals surface area contributed by atoms with Crippen molar-refractivity contribution in [1.82, 2.24) is 29.4 Å². The van der Waals surface area contributed by atoms with Crippen LogP contribution in [0.3, 0.4) is 0 Å². The van der Waals surface area contributed by atoms with Gasteiger partial charge in [0.05, 0.1) is 45.3 Å². The van der Waals surface area contributed by atoms with E-state index in [1.807, 2.05) is 20.8 Å². The number of nitrogens with zero attached hydrogens (tertiary/aromatic N) is 8. The van der Waals surface area contributed by atoms with Gasteiger partial charge in [0.25, 0.3) is 5.91 Å². The third-order valence-corrected chi connectivity index (χ3v) is 8.68. The van der Waals surface area contributed by atoms with Gasteiger partial charge in [0.15, 0.2) is 5.65 Å². The van der Waals surface area contributed by atoms with Crippen LogP contribution in [0.15, 0.2) is 42.0 Å². The Labute approximate surface area is 262 Å². The summed E-state index contributed by atoms with van der Waals surface area (Å²) in [7, 11) is 1.51. The summed E-state index contributed by atoms with van der Waals surface area (Å²) in [4.78, 5) is 63.7. The molecular formula is C31H30ClFN8O4. The number of likely N-dealkylation sites (N-methyl/N-ethyl adjacent to an activating group) is 1. The van der Waals surface area contributed by atoms with E-state index in [0.29, 0.717) is 17.1 Å². The second-order valence-electron chi connectivity index (χ2n) is 11.5. The Balaban J connectivity index is 1.80. The first-order chi connectivity index (χ1) is 21.4. The highest BCUT2D eigenvalue weighted by atomic mass is 35.5. The predicted octanol–water partition coefficient (Wildman–Crippen LogP) is 3.74. The average Bonchev–Trinajstić information content (AvgIpc) is 3.08. The molecule has 3 aromatic heterocycles. The molecule has 2 aliphatic heterocycles. The first-order valence-electron chi connectivity index (χ1n) is 14.3. The first-order valence-corrected chi connectivity index (χ1v) is 14.7. The van der Waals surface area contributed by atoms with Gasteiger partial charge >= 0.3 is 5.69 Å². The van der Waals surface area contributed by atoms with Crippen LogP contribution in [0.4, 0.5) is 15.9 Å². The van der Waals surface area contributed by atoms with Crippen molar-refractivity contribution < 1.29 is 19.1 Å². The highest BCUT2D eigenvalue weighted by molar-refractivity contribution is 6.39. The molecule has 232 valence electrons. The van der Waals surface area contributed by atoms with Crippen molar-refractivity contribution in [1.29, 1.82) is 0 Å². The Kier molecular flexibility index (Phi) is 7.31. The van der Waals surface area contributed by atoms with Crippen LogP contribution in [-0.2, 0) is 9.59 Å². The fourth-order valence-electron chi connectivity index (χ4n) is 6.28. The molecule has 45 heavy (non-hydrogen) atoms. The van der Waals surface area contributed by atoms with Gasteiger partial charge in [-0.25, -0.2) is 28.7 Å². The lowest BCUT2D eigenvalue weighted by molar-refractivity contribution is -0.129.